The molecule has 2 aromatic carbocycles. The SMILES string of the molecule is CC1C(=O)Nc2ccc(C(=O)CN3CCN(c4noc5cccc(Cl)c45)CC3)cc21. The summed E-state index contributed by atoms with van der Waals surface area (Å²) in [5.41, 5.74) is 3.02. The Balaban J connectivity index is 1.24. The molecule has 1 fully saturated rings. The summed E-state index contributed by atoms with van der Waals surface area (Å²) in [6, 6.07) is 11.0. The maximum absolute atomic E-state index is 12.8. The van der Waals surface area contributed by atoms with E-state index >= 15 is 0 Å². The summed E-state index contributed by atoms with van der Waals surface area (Å²) in [7, 11) is 0. The van der Waals surface area contributed by atoms with Crippen LogP contribution in [0.3, 0.4) is 0 Å². The number of ketones is 1. The smallest absolute Gasteiger partial charge is 0.231 e. The summed E-state index contributed by atoms with van der Waals surface area (Å²) in [6.45, 7) is 5.16. The summed E-state index contributed by atoms with van der Waals surface area (Å²) >= 11 is 6.34. The average Bonchev–Trinajstić information content (AvgIpc) is 3.30. The molecule has 0 bridgehead atoms. The van der Waals surface area contributed by atoms with Gasteiger partial charge in [-0.15, -0.1) is 0 Å². The lowest BCUT2D eigenvalue weighted by Gasteiger charge is -2.34. The molecular weight excluding hydrogens is 404 g/mol. The molecule has 154 valence electrons. The van der Waals surface area contributed by atoms with Gasteiger partial charge in [0.2, 0.25) is 5.91 Å². The van der Waals surface area contributed by atoms with Gasteiger partial charge in [-0.25, -0.2) is 0 Å². The quantitative estimate of drug-likeness (QED) is 0.645. The van der Waals surface area contributed by atoms with Crippen LogP contribution in [0.15, 0.2) is 40.9 Å². The molecule has 0 saturated carbocycles. The van der Waals surface area contributed by atoms with E-state index in [9.17, 15) is 9.59 Å². The molecular formula is C22H21ClN4O3. The number of benzene rings is 2. The van der Waals surface area contributed by atoms with E-state index in [-0.39, 0.29) is 17.6 Å². The van der Waals surface area contributed by atoms with Crippen LogP contribution in [0.4, 0.5) is 11.5 Å². The zero-order valence-electron chi connectivity index (χ0n) is 16.5. The lowest BCUT2D eigenvalue weighted by molar-refractivity contribution is -0.116. The topological polar surface area (TPSA) is 78.7 Å². The van der Waals surface area contributed by atoms with Crippen molar-refractivity contribution in [3.8, 4) is 0 Å². The number of hydrogen-bond donors (Lipinski definition) is 1. The molecule has 30 heavy (non-hydrogen) atoms. The van der Waals surface area contributed by atoms with Crippen molar-refractivity contribution in [3.63, 3.8) is 0 Å². The highest BCUT2D eigenvalue weighted by Gasteiger charge is 2.28. The van der Waals surface area contributed by atoms with Crippen molar-refractivity contribution in [1.82, 2.24) is 10.1 Å². The minimum absolute atomic E-state index is 0.0220. The molecule has 1 N–H and O–H groups in total. The van der Waals surface area contributed by atoms with Crippen molar-refractivity contribution in [2.75, 3.05) is 42.9 Å². The third kappa shape index (κ3) is 3.24. The van der Waals surface area contributed by atoms with Crippen LogP contribution in [0, 0.1) is 0 Å². The van der Waals surface area contributed by atoms with Crippen LogP contribution in [0.5, 0.6) is 0 Å². The molecule has 8 heteroatoms. The van der Waals surface area contributed by atoms with E-state index in [2.05, 4.69) is 20.3 Å². The Bertz CT molecular complexity index is 1150. The van der Waals surface area contributed by atoms with E-state index in [0.717, 1.165) is 48.6 Å². The van der Waals surface area contributed by atoms with E-state index in [0.29, 0.717) is 22.7 Å². The van der Waals surface area contributed by atoms with Gasteiger partial charge in [0.25, 0.3) is 0 Å². The van der Waals surface area contributed by atoms with E-state index in [1.807, 2.05) is 37.3 Å². The first-order valence-electron chi connectivity index (χ1n) is 10.0. The highest BCUT2D eigenvalue weighted by atomic mass is 35.5. The first-order valence-corrected chi connectivity index (χ1v) is 10.4. The number of Topliss-reactive ketones (excluding diaryl/α,β-unsaturated/α-hetero) is 1. The number of amides is 1. The fraction of sp³-hybridized carbons (Fsp3) is 0.318. The van der Waals surface area contributed by atoms with Gasteiger partial charge in [-0.1, -0.05) is 22.8 Å². The number of halogens is 1. The van der Waals surface area contributed by atoms with Gasteiger partial charge in [0.15, 0.2) is 17.2 Å². The van der Waals surface area contributed by atoms with Crippen LogP contribution in [0.25, 0.3) is 11.0 Å². The number of aromatic nitrogens is 1. The fourth-order valence-electron chi connectivity index (χ4n) is 4.15. The molecule has 5 rings (SSSR count). The normalized spacial score (nSPS) is 19.2. The first kappa shape index (κ1) is 19.1. The minimum atomic E-state index is -0.222. The first-order chi connectivity index (χ1) is 14.5. The highest BCUT2D eigenvalue weighted by molar-refractivity contribution is 6.36. The maximum atomic E-state index is 12.8. The van der Waals surface area contributed by atoms with Gasteiger partial charge >= 0.3 is 0 Å². The number of rotatable bonds is 4. The predicted molar refractivity (Wildman–Crippen MR) is 115 cm³/mol. The Morgan fingerprint density at radius 3 is 2.83 bits per heavy atom. The zero-order valence-corrected chi connectivity index (χ0v) is 17.3. The molecule has 1 atom stereocenters. The number of nitrogens with zero attached hydrogens (tertiary/aromatic N) is 3. The van der Waals surface area contributed by atoms with Crippen LogP contribution >= 0.6 is 11.6 Å². The Hall–Kier alpha value is -2.90. The number of fused-ring (bicyclic) bond motifs is 2. The molecule has 2 aliphatic rings. The largest absolute Gasteiger partial charge is 0.354 e. The zero-order chi connectivity index (χ0) is 20.8. The summed E-state index contributed by atoms with van der Waals surface area (Å²) < 4.78 is 5.41. The average molecular weight is 425 g/mol. The number of carbonyl (C=O) groups is 2. The standard InChI is InChI=1S/C22H21ClN4O3/c1-13-15-11-14(5-6-17(15)24-22(13)29)18(28)12-26-7-9-27(10-8-26)21-20-16(23)3-2-4-19(20)30-25-21/h2-6,11,13H,7-10,12H2,1H3,(H,24,29). The molecule has 7 nitrogen and oxygen atoms in total. The number of piperazine rings is 1. The second kappa shape index (κ2) is 7.41. The molecule has 1 saturated heterocycles. The van der Waals surface area contributed by atoms with Gasteiger partial charge in [0.1, 0.15) is 0 Å². The van der Waals surface area contributed by atoms with Crippen molar-refractivity contribution >= 4 is 45.8 Å². The highest BCUT2D eigenvalue weighted by Crippen LogP contribution is 2.34. The molecule has 1 amide bonds. The van der Waals surface area contributed by atoms with E-state index < -0.39 is 0 Å². The van der Waals surface area contributed by atoms with Gasteiger partial charge < -0.3 is 14.7 Å². The Morgan fingerprint density at radius 2 is 2.03 bits per heavy atom. The number of hydrogen-bond acceptors (Lipinski definition) is 6. The molecule has 0 spiro atoms. The monoisotopic (exact) mass is 424 g/mol. The Labute approximate surface area is 178 Å². The molecule has 1 aromatic heterocycles. The lowest BCUT2D eigenvalue weighted by atomic mass is 9.98. The molecule has 0 radical (unpaired) electrons. The third-order valence-electron chi connectivity index (χ3n) is 5.96. The van der Waals surface area contributed by atoms with Crippen LogP contribution in [0.1, 0.15) is 28.8 Å². The van der Waals surface area contributed by atoms with Crippen LogP contribution in [-0.4, -0.2) is 54.5 Å². The molecule has 3 heterocycles. The molecule has 0 aliphatic carbocycles. The third-order valence-corrected chi connectivity index (χ3v) is 6.27. The van der Waals surface area contributed by atoms with Crippen molar-refractivity contribution in [2.24, 2.45) is 0 Å². The Kier molecular flexibility index (Phi) is 4.72. The van der Waals surface area contributed by atoms with Gasteiger partial charge in [-0.2, -0.15) is 0 Å². The van der Waals surface area contributed by atoms with Gasteiger partial charge in [-0.3, -0.25) is 14.5 Å². The van der Waals surface area contributed by atoms with Crippen molar-refractivity contribution in [2.45, 2.75) is 12.8 Å². The van der Waals surface area contributed by atoms with Gasteiger partial charge in [0.05, 0.1) is 22.9 Å². The summed E-state index contributed by atoms with van der Waals surface area (Å²) in [4.78, 5) is 28.9. The number of carbonyl (C=O) groups excluding carboxylic acids is 2. The van der Waals surface area contributed by atoms with E-state index in [4.69, 9.17) is 16.1 Å². The minimum Gasteiger partial charge on any atom is -0.354 e. The number of nitrogens with one attached hydrogen (secondary N) is 1. The summed E-state index contributed by atoms with van der Waals surface area (Å²) in [5.74, 6) is 0.575. The second-order valence-corrected chi connectivity index (χ2v) is 8.23. The van der Waals surface area contributed by atoms with Gasteiger partial charge in [-0.05, 0) is 42.8 Å². The van der Waals surface area contributed by atoms with Crippen LogP contribution in [0.2, 0.25) is 5.02 Å². The number of anilines is 2. The van der Waals surface area contributed by atoms with Crippen molar-refractivity contribution < 1.29 is 14.1 Å². The maximum Gasteiger partial charge on any atom is 0.231 e. The van der Waals surface area contributed by atoms with E-state index in [1.54, 1.807) is 6.07 Å². The lowest BCUT2D eigenvalue weighted by Crippen LogP contribution is -2.48. The van der Waals surface area contributed by atoms with Gasteiger partial charge in [0, 0.05) is 37.4 Å². The van der Waals surface area contributed by atoms with E-state index in [1.165, 1.54) is 0 Å². The fourth-order valence-corrected chi connectivity index (χ4v) is 4.40. The van der Waals surface area contributed by atoms with Crippen LogP contribution < -0.4 is 10.2 Å². The summed E-state index contributed by atoms with van der Waals surface area (Å²) in [5, 5.41) is 8.51. The second-order valence-electron chi connectivity index (χ2n) is 7.82. The van der Waals surface area contributed by atoms with Crippen LogP contribution in [-0.2, 0) is 4.79 Å². The predicted octanol–water partition coefficient (Wildman–Crippen LogP) is 3.54. The molecule has 1 unspecified atom stereocenters. The van der Waals surface area contributed by atoms with Crippen molar-refractivity contribution in [3.05, 3.63) is 52.5 Å². The van der Waals surface area contributed by atoms with Crippen molar-refractivity contribution in [1.29, 1.82) is 0 Å². The molecule has 2 aliphatic heterocycles. The molecule has 3 aromatic rings. The summed E-state index contributed by atoms with van der Waals surface area (Å²) in [6.07, 6.45) is 0. The Morgan fingerprint density at radius 1 is 1.23 bits per heavy atom.